The highest BCUT2D eigenvalue weighted by Crippen LogP contribution is 2.09. The zero-order chi connectivity index (χ0) is 9.19. The maximum absolute atomic E-state index is 10.9. The molecule has 0 spiro atoms. The van der Waals surface area contributed by atoms with Crippen molar-refractivity contribution in [2.75, 3.05) is 19.6 Å². The van der Waals surface area contributed by atoms with Gasteiger partial charge in [0.2, 0.25) is 10.0 Å². The topological polar surface area (TPSA) is 63.4 Å². The van der Waals surface area contributed by atoms with E-state index in [-0.39, 0.29) is 0 Å². The molecule has 1 atom stereocenters. The van der Waals surface area contributed by atoms with Gasteiger partial charge in [-0.25, -0.2) is 13.6 Å². The van der Waals surface area contributed by atoms with E-state index in [9.17, 15) is 8.42 Å². The average molecular weight is 192 g/mol. The van der Waals surface area contributed by atoms with Crippen LogP contribution in [-0.2, 0) is 10.0 Å². The third kappa shape index (κ3) is 2.73. The number of sulfonamides is 1. The summed E-state index contributed by atoms with van der Waals surface area (Å²) in [5.74, 6) is 0. The standard InChI is InChI=1S/C7H16N2O2S/c1-7(12(8,10)11)6-9-4-2-3-5-9/h7H,2-6H2,1H3,(H2,8,10,11). The van der Waals surface area contributed by atoms with Crippen LogP contribution < -0.4 is 5.14 Å². The van der Waals surface area contributed by atoms with Crippen molar-refractivity contribution in [1.29, 1.82) is 0 Å². The molecule has 0 aliphatic carbocycles. The molecule has 2 N–H and O–H groups in total. The number of primary sulfonamides is 1. The summed E-state index contributed by atoms with van der Waals surface area (Å²) >= 11 is 0. The first-order valence-corrected chi connectivity index (χ1v) is 5.85. The Morgan fingerprint density at radius 1 is 1.42 bits per heavy atom. The van der Waals surface area contributed by atoms with Crippen LogP contribution in [0.3, 0.4) is 0 Å². The lowest BCUT2D eigenvalue weighted by atomic mass is 10.4. The molecular formula is C7H16N2O2S. The first kappa shape index (κ1) is 9.95. The van der Waals surface area contributed by atoms with Gasteiger partial charge in [0.1, 0.15) is 0 Å². The van der Waals surface area contributed by atoms with Crippen molar-refractivity contribution >= 4 is 10.0 Å². The van der Waals surface area contributed by atoms with Crippen molar-refractivity contribution in [3.63, 3.8) is 0 Å². The highest BCUT2D eigenvalue weighted by molar-refractivity contribution is 7.89. The van der Waals surface area contributed by atoms with Crippen LogP contribution in [0.15, 0.2) is 0 Å². The molecule has 5 heteroatoms. The Labute approximate surface area is 73.8 Å². The van der Waals surface area contributed by atoms with E-state index >= 15 is 0 Å². The van der Waals surface area contributed by atoms with Crippen molar-refractivity contribution in [1.82, 2.24) is 4.90 Å². The average Bonchev–Trinajstić information content (AvgIpc) is 2.37. The third-order valence-electron chi connectivity index (χ3n) is 2.27. The van der Waals surface area contributed by atoms with Gasteiger partial charge in [-0.1, -0.05) is 0 Å². The van der Waals surface area contributed by atoms with Crippen LogP contribution in [-0.4, -0.2) is 38.2 Å². The molecule has 0 aromatic carbocycles. The second kappa shape index (κ2) is 3.72. The fourth-order valence-corrected chi connectivity index (χ4v) is 1.85. The van der Waals surface area contributed by atoms with E-state index in [1.165, 1.54) is 12.8 Å². The van der Waals surface area contributed by atoms with Gasteiger partial charge in [-0.3, -0.25) is 0 Å². The van der Waals surface area contributed by atoms with Gasteiger partial charge in [0, 0.05) is 6.54 Å². The van der Waals surface area contributed by atoms with Gasteiger partial charge in [0.15, 0.2) is 0 Å². The lowest BCUT2D eigenvalue weighted by Crippen LogP contribution is -2.36. The molecule has 1 aliphatic rings. The summed E-state index contributed by atoms with van der Waals surface area (Å²) < 4.78 is 21.7. The van der Waals surface area contributed by atoms with Gasteiger partial charge in [0.25, 0.3) is 0 Å². The molecule has 1 fully saturated rings. The smallest absolute Gasteiger partial charge is 0.212 e. The lowest BCUT2D eigenvalue weighted by Gasteiger charge is -2.18. The van der Waals surface area contributed by atoms with E-state index in [2.05, 4.69) is 4.90 Å². The Balaban J connectivity index is 2.40. The molecule has 0 amide bonds. The number of hydrogen-bond acceptors (Lipinski definition) is 3. The molecule has 0 radical (unpaired) electrons. The molecule has 1 heterocycles. The summed E-state index contributed by atoms with van der Waals surface area (Å²) in [6.45, 7) is 4.27. The summed E-state index contributed by atoms with van der Waals surface area (Å²) in [6, 6.07) is 0. The van der Waals surface area contributed by atoms with Crippen LogP contribution in [0, 0.1) is 0 Å². The van der Waals surface area contributed by atoms with E-state index in [0.717, 1.165) is 13.1 Å². The largest absolute Gasteiger partial charge is 0.302 e. The maximum atomic E-state index is 10.9. The van der Waals surface area contributed by atoms with Gasteiger partial charge in [-0.2, -0.15) is 0 Å². The Kier molecular flexibility index (Phi) is 3.09. The van der Waals surface area contributed by atoms with Gasteiger partial charge < -0.3 is 4.90 Å². The summed E-state index contributed by atoms with van der Waals surface area (Å²) in [4.78, 5) is 2.15. The number of rotatable bonds is 3. The second-order valence-electron chi connectivity index (χ2n) is 3.41. The van der Waals surface area contributed by atoms with Gasteiger partial charge in [-0.15, -0.1) is 0 Å². The van der Waals surface area contributed by atoms with Crippen LogP contribution in [0.25, 0.3) is 0 Å². The van der Waals surface area contributed by atoms with Crippen LogP contribution >= 0.6 is 0 Å². The molecule has 12 heavy (non-hydrogen) atoms. The van der Waals surface area contributed by atoms with Crippen LogP contribution in [0.4, 0.5) is 0 Å². The quantitative estimate of drug-likeness (QED) is 0.671. The number of likely N-dealkylation sites (tertiary alicyclic amines) is 1. The fourth-order valence-electron chi connectivity index (χ4n) is 1.43. The van der Waals surface area contributed by atoms with E-state index in [1.807, 2.05) is 0 Å². The molecule has 0 aromatic rings. The molecule has 1 rings (SSSR count). The van der Waals surface area contributed by atoms with E-state index in [0.29, 0.717) is 6.54 Å². The van der Waals surface area contributed by atoms with Gasteiger partial charge in [-0.05, 0) is 32.9 Å². The molecule has 1 aliphatic heterocycles. The minimum Gasteiger partial charge on any atom is -0.302 e. The summed E-state index contributed by atoms with van der Waals surface area (Å²) in [5, 5.41) is 4.57. The van der Waals surface area contributed by atoms with E-state index in [1.54, 1.807) is 6.92 Å². The third-order valence-corrected chi connectivity index (χ3v) is 3.55. The SMILES string of the molecule is CC(CN1CCCC1)S(N)(=O)=O. The Hall–Kier alpha value is -0.130. The first-order valence-electron chi connectivity index (χ1n) is 4.24. The monoisotopic (exact) mass is 192 g/mol. The van der Waals surface area contributed by atoms with E-state index in [4.69, 9.17) is 5.14 Å². The highest BCUT2D eigenvalue weighted by Gasteiger charge is 2.21. The van der Waals surface area contributed by atoms with Gasteiger partial charge in [0.05, 0.1) is 5.25 Å². The summed E-state index contributed by atoms with van der Waals surface area (Å²) in [7, 11) is -3.33. The number of hydrogen-bond donors (Lipinski definition) is 1. The maximum Gasteiger partial charge on any atom is 0.212 e. The minimum atomic E-state index is -3.33. The Bertz CT molecular complexity index is 232. The van der Waals surface area contributed by atoms with Crippen LogP contribution in [0.1, 0.15) is 19.8 Å². The number of nitrogens with zero attached hydrogens (tertiary/aromatic N) is 1. The first-order chi connectivity index (χ1) is 5.50. The van der Waals surface area contributed by atoms with Gasteiger partial charge >= 0.3 is 0 Å². The summed E-state index contributed by atoms with van der Waals surface area (Å²) in [5.41, 5.74) is 0. The van der Waals surface area contributed by atoms with Crippen molar-refractivity contribution in [2.24, 2.45) is 5.14 Å². The van der Waals surface area contributed by atoms with Crippen molar-refractivity contribution < 1.29 is 8.42 Å². The molecule has 1 saturated heterocycles. The van der Waals surface area contributed by atoms with Crippen LogP contribution in [0.5, 0.6) is 0 Å². The molecule has 72 valence electrons. The van der Waals surface area contributed by atoms with E-state index < -0.39 is 15.3 Å². The van der Waals surface area contributed by atoms with Crippen molar-refractivity contribution in [3.8, 4) is 0 Å². The highest BCUT2D eigenvalue weighted by atomic mass is 32.2. The minimum absolute atomic E-state index is 0.435. The van der Waals surface area contributed by atoms with Crippen LogP contribution in [0.2, 0.25) is 0 Å². The molecule has 0 saturated carbocycles. The molecule has 4 nitrogen and oxygen atoms in total. The lowest BCUT2D eigenvalue weighted by molar-refractivity contribution is 0.339. The van der Waals surface area contributed by atoms with Crippen molar-refractivity contribution in [2.45, 2.75) is 25.0 Å². The predicted molar refractivity (Wildman–Crippen MR) is 48.2 cm³/mol. The molecular weight excluding hydrogens is 176 g/mol. The summed E-state index contributed by atoms with van der Waals surface area (Å²) in [6.07, 6.45) is 2.36. The normalized spacial score (nSPS) is 22.8. The Morgan fingerprint density at radius 3 is 2.33 bits per heavy atom. The van der Waals surface area contributed by atoms with Crippen molar-refractivity contribution in [3.05, 3.63) is 0 Å². The molecule has 1 unspecified atom stereocenters. The zero-order valence-corrected chi connectivity index (χ0v) is 8.18. The fraction of sp³-hybridized carbons (Fsp3) is 1.00. The molecule has 0 aromatic heterocycles. The predicted octanol–water partition coefficient (Wildman–Crippen LogP) is -0.241. The zero-order valence-electron chi connectivity index (χ0n) is 7.36. The second-order valence-corrected chi connectivity index (χ2v) is 5.39. The molecule has 0 bridgehead atoms. The Morgan fingerprint density at radius 2 is 1.92 bits per heavy atom. The number of nitrogens with two attached hydrogens (primary N) is 1.